The van der Waals surface area contributed by atoms with E-state index in [1.165, 1.54) is 0 Å². The van der Waals surface area contributed by atoms with Gasteiger partial charge in [-0.05, 0) is 48.4 Å². The van der Waals surface area contributed by atoms with Crippen LogP contribution in [0.2, 0.25) is 0 Å². The monoisotopic (exact) mass is 252 g/mol. The molecule has 2 heteroatoms. The van der Waals surface area contributed by atoms with E-state index < -0.39 is 0 Å². The van der Waals surface area contributed by atoms with Crippen LogP contribution in [0.15, 0.2) is 60.2 Å². The fourth-order valence-corrected chi connectivity index (χ4v) is 1.83. The molecule has 96 valence electrons. The number of allylic oxidation sites excluding steroid dienone is 1. The number of hydrogen-bond acceptors (Lipinski definition) is 2. The number of hydrogen-bond donors (Lipinski definition) is 0. The third kappa shape index (κ3) is 3.32. The van der Waals surface area contributed by atoms with E-state index in [1.54, 1.807) is 31.4 Å². The van der Waals surface area contributed by atoms with Crippen LogP contribution in [0, 0.1) is 0 Å². The van der Waals surface area contributed by atoms with Gasteiger partial charge in [0.1, 0.15) is 5.75 Å². The maximum atomic E-state index is 12.2. The molecule has 0 aliphatic rings. The fourth-order valence-electron chi connectivity index (χ4n) is 1.83. The SMILES string of the molecule is COc1ccc(C(=O)/C(C)=C/c2ccccc2)cc1. The summed E-state index contributed by atoms with van der Waals surface area (Å²) in [6.07, 6.45) is 1.90. The smallest absolute Gasteiger partial charge is 0.188 e. The van der Waals surface area contributed by atoms with Crippen molar-refractivity contribution in [3.63, 3.8) is 0 Å². The Morgan fingerprint density at radius 1 is 1.00 bits per heavy atom. The molecule has 0 N–H and O–H groups in total. The zero-order valence-electron chi connectivity index (χ0n) is 11.1. The normalized spacial score (nSPS) is 11.2. The van der Waals surface area contributed by atoms with Gasteiger partial charge in [-0.25, -0.2) is 0 Å². The lowest BCUT2D eigenvalue weighted by molar-refractivity contribution is 0.103. The van der Waals surface area contributed by atoms with Crippen LogP contribution in [-0.2, 0) is 0 Å². The van der Waals surface area contributed by atoms with Gasteiger partial charge in [0.25, 0.3) is 0 Å². The first kappa shape index (κ1) is 13.1. The van der Waals surface area contributed by atoms with E-state index in [1.807, 2.05) is 43.3 Å². The lowest BCUT2D eigenvalue weighted by Gasteiger charge is -2.03. The summed E-state index contributed by atoms with van der Waals surface area (Å²) in [7, 11) is 1.61. The van der Waals surface area contributed by atoms with E-state index in [0.717, 1.165) is 16.9 Å². The Balaban J connectivity index is 2.21. The molecule has 0 spiro atoms. The number of carbonyl (C=O) groups is 1. The Morgan fingerprint density at radius 2 is 1.63 bits per heavy atom. The Hall–Kier alpha value is -2.35. The summed E-state index contributed by atoms with van der Waals surface area (Å²) in [4.78, 5) is 12.2. The topological polar surface area (TPSA) is 26.3 Å². The van der Waals surface area contributed by atoms with Gasteiger partial charge >= 0.3 is 0 Å². The van der Waals surface area contributed by atoms with Crippen molar-refractivity contribution in [2.45, 2.75) is 6.92 Å². The Kier molecular flexibility index (Phi) is 4.14. The van der Waals surface area contributed by atoms with Crippen LogP contribution in [0.5, 0.6) is 5.75 Å². The van der Waals surface area contributed by atoms with Crippen molar-refractivity contribution in [1.29, 1.82) is 0 Å². The predicted octanol–water partition coefficient (Wildman–Crippen LogP) is 3.98. The molecule has 0 bridgehead atoms. The van der Waals surface area contributed by atoms with E-state index in [4.69, 9.17) is 4.74 Å². The first-order valence-corrected chi connectivity index (χ1v) is 6.13. The Morgan fingerprint density at radius 3 is 2.21 bits per heavy atom. The third-order valence-electron chi connectivity index (χ3n) is 2.89. The standard InChI is InChI=1S/C17H16O2/c1-13(12-14-6-4-3-5-7-14)17(18)15-8-10-16(19-2)11-9-15/h3-12H,1-2H3/b13-12+. The summed E-state index contributed by atoms with van der Waals surface area (Å²) in [5.41, 5.74) is 2.42. The minimum absolute atomic E-state index is 0.0338. The first-order valence-electron chi connectivity index (χ1n) is 6.13. The van der Waals surface area contributed by atoms with Crippen LogP contribution in [0.3, 0.4) is 0 Å². The highest BCUT2D eigenvalue weighted by molar-refractivity contribution is 6.10. The minimum atomic E-state index is 0.0338. The van der Waals surface area contributed by atoms with E-state index >= 15 is 0 Å². The van der Waals surface area contributed by atoms with E-state index in [2.05, 4.69) is 0 Å². The van der Waals surface area contributed by atoms with Crippen LogP contribution < -0.4 is 4.74 Å². The molecule has 0 radical (unpaired) electrons. The molecule has 0 saturated heterocycles. The molecule has 0 aliphatic heterocycles. The van der Waals surface area contributed by atoms with Crippen molar-refractivity contribution in [2.75, 3.05) is 7.11 Å². The van der Waals surface area contributed by atoms with Crippen molar-refractivity contribution < 1.29 is 9.53 Å². The van der Waals surface area contributed by atoms with Gasteiger partial charge < -0.3 is 4.74 Å². The number of ether oxygens (including phenoxy) is 1. The number of ketones is 1. The molecule has 0 heterocycles. The lowest BCUT2D eigenvalue weighted by atomic mass is 10.0. The zero-order valence-corrected chi connectivity index (χ0v) is 11.1. The van der Waals surface area contributed by atoms with Gasteiger partial charge in [0.15, 0.2) is 5.78 Å². The van der Waals surface area contributed by atoms with E-state index in [9.17, 15) is 4.79 Å². The van der Waals surface area contributed by atoms with Gasteiger partial charge in [0, 0.05) is 5.56 Å². The second kappa shape index (κ2) is 6.01. The average Bonchev–Trinajstić information content (AvgIpc) is 2.47. The molecule has 2 rings (SSSR count). The maximum absolute atomic E-state index is 12.2. The molecule has 0 aliphatic carbocycles. The number of methoxy groups -OCH3 is 1. The molecule has 0 aromatic heterocycles. The molecule has 0 atom stereocenters. The molecule has 2 aromatic rings. The van der Waals surface area contributed by atoms with Crippen molar-refractivity contribution >= 4 is 11.9 Å². The van der Waals surface area contributed by atoms with Gasteiger partial charge in [-0.3, -0.25) is 4.79 Å². The quantitative estimate of drug-likeness (QED) is 0.607. The molecule has 19 heavy (non-hydrogen) atoms. The minimum Gasteiger partial charge on any atom is -0.497 e. The summed E-state index contributed by atoms with van der Waals surface area (Å²) in [6.45, 7) is 1.83. The van der Waals surface area contributed by atoms with Crippen molar-refractivity contribution in [1.82, 2.24) is 0 Å². The molecular formula is C17H16O2. The molecule has 2 aromatic carbocycles. The first-order chi connectivity index (χ1) is 9.20. The van der Waals surface area contributed by atoms with Crippen LogP contribution in [0.1, 0.15) is 22.8 Å². The molecule has 0 amide bonds. The highest BCUT2D eigenvalue weighted by Crippen LogP contribution is 2.16. The summed E-state index contributed by atoms with van der Waals surface area (Å²) in [5.74, 6) is 0.785. The predicted molar refractivity (Wildman–Crippen MR) is 77.4 cm³/mol. The molecular weight excluding hydrogens is 236 g/mol. The maximum Gasteiger partial charge on any atom is 0.188 e. The summed E-state index contributed by atoms with van der Waals surface area (Å²) < 4.78 is 5.08. The van der Waals surface area contributed by atoms with Gasteiger partial charge in [-0.1, -0.05) is 30.3 Å². The Bertz CT molecular complexity index is 580. The summed E-state index contributed by atoms with van der Waals surface area (Å²) in [6, 6.07) is 17.0. The summed E-state index contributed by atoms with van der Waals surface area (Å²) in [5, 5.41) is 0. The van der Waals surface area contributed by atoms with Gasteiger partial charge in [-0.15, -0.1) is 0 Å². The van der Waals surface area contributed by atoms with Gasteiger partial charge in [0.05, 0.1) is 7.11 Å². The van der Waals surface area contributed by atoms with Crippen molar-refractivity contribution in [3.05, 3.63) is 71.3 Å². The molecule has 0 saturated carbocycles. The zero-order chi connectivity index (χ0) is 13.7. The van der Waals surface area contributed by atoms with Crippen LogP contribution in [0.4, 0.5) is 0 Å². The van der Waals surface area contributed by atoms with Crippen molar-refractivity contribution in [2.24, 2.45) is 0 Å². The molecule has 0 unspecified atom stereocenters. The van der Waals surface area contributed by atoms with Gasteiger partial charge in [0.2, 0.25) is 0 Å². The average molecular weight is 252 g/mol. The largest absolute Gasteiger partial charge is 0.497 e. The molecule has 0 fully saturated rings. The van der Waals surface area contributed by atoms with E-state index in [-0.39, 0.29) is 5.78 Å². The third-order valence-corrected chi connectivity index (χ3v) is 2.89. The van der Waals surface area contributed by atoms with Crippen LogP contribution >= 0.6 is 0 Å². The van der Waals surface area contributed by atoms with E-state index in [0.29, 0.717) is 5.56 Å². The fraction of sp³-hybridized carbons (Fsp3) is 0.118. The number of benzene rings is 2. The lowest BCUT2D eigenvalue weighted by Crippen LogP contribution is -2.00. The van der Waals surface area contributed by atoms with Gasteiger partial charge in [-0.2, -0.15) is 0 Å². The van der Waals surface area contributed by atoms with Crippen LogP contribution in [-0.4, -0.2) is 12.9 Å². The second-order valence-electron chi connectivity index (χ2n) is 4.30. The highest BCUT2D eigenvalue weighted by Gasteiger charge is 2.08. The number of Topliss-reactive ketones (excluding diaryl/α,β-unsaturated/α-hetero) is 1. The Labute approximate surface area is 113 Å². The summed E-state index contributed by atoms with van der Waals surface area (Å²) >= 11 is 0. The highest BCUT2D eigenvalue weighted by atomic mass is 16.5. The number of carbonyl (C=O) groups excluding carboxylic acids is 1. The van der Waals surface area contributed by atoms with Crippen molar-refractivity contribution in [3.8, 4) is 5.75 Å². The number of rotatable bonds is 4. The molecule has 2 nitrogen and oxygen atoms in total. The van der Waals surface area contributed by atoms with Crippen LogP contribution in [0.25, 0.3) is 6.08 Å². The second-order valence-corrected chi connectivity index (χ2v) is 4.30.